The Morgan fingerprint density at radius 2 is 1.83 bits per heavy atom. The molecular formula is C18H14FN3O. The summed E-state index contributed by atoms with van der Waals surface area (Å²) < 4.78 is 12.8. The minimum atomic E-state index is -0.374. The molecule has 1 aromatic heterocycles. The molecule has 0 bridgehead atoms. The highest BCUT2D eigenvalue weighted by atomic mass is 19.1. The van der Waals surface area contributed by atoms with Gasteiger partial charge in [0.05, 0.1) is 11.2 Å². The van der Waals surface area contributed by atoms with Crippen LogP contribution in [-0.4, -0.2) is 11.0 Å². The van der Waals surface area contributed by atoms with E-state index in [1.165, 1.54) is 18.3 Å². The summed E-state index contributed by atoms with van der Waals surface area (Å²) in [6, 6.07) is 15.0. The summed E-state index contributed by atoms with van der Waals surface area (Å²) in [4.78, 5) is 16.2. The monoisotopic (exact) mass is 307 g/mol. The predicted molar refractivity (Wildman–Crippen MR) is 89.3 cm³/mol. The van der Waals surface area contributed by atoms with Gasteiger partial charge < -0.3 is 10.6 Å². The first-order valence-corrected chi connectivity index (χ1v) is 7.06. The molecule has 23 heavy (non-hydrogen) atoms. The normalized spacial score (nSPS) is 10.8. The summed E-state index contributed by atoms with van der Waals surface area (Å²) >= 11 is 0. The maximum Gasteiger partial charge on any atom is 0.323 e. The smallest absolute Gasteiger partial charge is 0.314 e. The Morgan fingerprint density at radius 3 is 2.65 bits per heavy atom. The lowest BCUT2D eigenvalue weighted by atomic mass is 10.2. The molecule has 0 atom stereocenters. The first-order chi connectivity index (χ1) is 11.2. The van der Waals surface area contributed by atoms with E-state index in [2.05, 4.69) is 15.6 Å². The second-order valence-electron chi connectivity index (χ2n) is 4.86. The van der Waals surface area contributed by atoms with Crippen molar-refractivity contribution < 1.29 is 9.18 Å². The highest BCUT2D eigenvalue weighted by molar-refractivity contribution is 5.99. The van der Waals surface area contributed by atoms with Crippen molar-refractivity contribution in [2.45, 2.75) is 0 Å². The zero-order valence-electron chi connectivity index (χ0n) is 12.2. The summed E-state index contributed by atoms with van der Waals surface area (Å²) in [5.41, 5.74) is 2.15. The lowest BCUT2D eigenvalue weighted by Gasteiger charge is -2.07. The summed E-state index contributed by atoms with van der Waals surface area (Å²) in [6.07, 6.45) is 4.86. The van der Waals surface area contributed by atoms with E-state index >= 15 is 0 Å². The van der Waals surface area contributed by atoms with Crippen LogP contribution in [0.2, 0.25) is 0 Å². The van der Waals surface area contributed by atoms with Gasteiger partial charge in [-0.3, -0.25) is 4.98 Å². The summed E-state index contributed by atoms with van der Waals surface area (Å²) in [5, 5.41) is 6.31. The van der Waals surface area contributed by atoms with Crippen LogP contribution in [0, 0.1) is 5.82 Å². The third-order valence-corrected chi connectivity index (χ3v) is 3.24. The number of urea groups is 1. The van der Waals surface area contributed by atoms with Crippen LogP contribution in [0.4, 0.5) is 14.9 Å². The molecule has 0 spiro atoms. The topological polar surface area (TPSA) is 54.0 Å². The van der Waals surface area contributed by atoms with E-state index in [1.807, 2.05) is 24.3 Å². The average Bonchev–Trinajstić information content (AvgIpc) is 2.57. The first-order valence-electron chi connectivity index (χ1n) is 7.06. The predicted octanol–water partition coefficient (Wildman–Crippen LogP) is 4.17. The molecule has 0 unspecified atom stereocenters. The van der Waals surface area contributed by atoms with Crippen LogP contribution in [0.15, 0.2) is 67.0 Å². The van der Waals surface area contributed by atoms with E-state index in [0.29, 0.717) is 5.69 Å². The second kappa shape index (κ2) is 6.70. The van der Waals surface area contributed by atoms with Crippen molar-refractivity contribution in [1.29, 1.82) is 0 Å². The molecule has 5 heteroatoms. The van der Waals surface area contributed by atoms with Crippen LogP contribution < -0.4 is 10.6 Å². The zero-order chi connectivity index (χ0) is 16.1. The number of halogens is 1. The van der Waals surface area contributed by atoms with E-state index in [-0.39, 0.29) is 11.8 Å². The van der Waals surface area contributed by atoms with Crippen molar-refractivity contribution in [3.8, 4) is 0 Å². The van der Waals surface area contributed by atoms with Crippen LogP contribution in [0.3, 0.4) is 0 Å². The maximum absolute atomic E-state index is 12.8. The number of hydrogen-bond donors (Lipinski definition) is 2. The van der Waals surface area contributed by atoms with Crippen molar-refractivity contribution in [3.63, 3.8) is 0 Å². The van der Waals surface area contributed by atoms with Crippen LogP contribution in [0.5, 0.6) is 0 Å². The fourth-order valence-electron chi connectivity index (χ4n) is 2.15. The number of carbonyl (C=O) groups excluding carboxylic acids is 1. The zero-order valence-corrected chi connectivity index (χ0v) is 12.2. The molecule has 0 fully saturated rings. The van der Waals surface area contributed by atoms with Gasteiger partial charge in [0.25, 0.3) is 0 Å². The van der Waals surface area contributed by atoms with E-state index in [0.717, 1.165) is 16.5 Å². The number of carbonyl (C=O) groups is 1. The van der Waals surface area contributed by atoms with Crippen LogP contribution in [0.1, 0.15) is 5.56 Å². The Bertz CT molecular complexity index is 854. The molecule has 2 aromatic carbocycles. The lowest BCUT2D eigenvalue weighted by Crippen LogP contribution is -2.23. The molecule has 0 radical (unpaired) electrons. The van der Waals surface area contributed by atoms with Gasteiger partial charge in [0.1, 0.15) is 5.82 Å². The third kappa shape index (κ3) is 3.71. The molecule has 4 nitrogen and oxygen atoms in total. The Kier molecular flexibility index (Phi) is 4.29. The first kappa shape index (κ1) is 14.7. The molecule has 3 aromatic rings. The van der Waals surface area contributed by atoms with Crippen molar-refractivity contribution in [3.05, 3.63) is 78.4 Å². The summed E-state index contributed by atoms with van der Waals surface area (Å²) in [6.45, 7) is 0. The maximum atomic E-state index is 12.8. The number of nitrogens with zero attached hydrogens (tertiary/aromatic N) is 1. The number of anilines is 1. The van der Waals surface area contributed by atoms with Crippen molar-refractivity contribution in [2.75, 3.05) is 5.32 Å². The summed E-state index contributed by atoms with van der Waals surface area (Å²) in [7, 11) is 0. The standard InChI is InChI=1S/C18H14FN3O/c19-15-8-6-13(7-9-15)10-12-21-18(23)22-16-5-1-3-14-4-2-11-20-17(14)16/h1-12H,(H2,21,22,23)/b12-10+. The lowest BCUT2D eigenvalue weighted by molar-refractivity contribution is 0.255. The van der Waals surface area contributed by atoms with E-state index in [4.69, 9.17) is 0 Å². The van der Waals surface area contributed by atoms with Gasteiger partial charge in [0.15, 0.2) is 0 Å². The number of nitrogens with one attached hydrogen (secondary N) is 2. The Hall–Kier alpha value is -3.21. The number of aromatic nitrogens is 1. The molecule has 0 aliphatic rings. The van der Waals surface area contributed by atoms with Crippen molar-refractivity contribution in [2.24, 2.45) is 0 Å². The molecule has 0 saturated heterocycles. The van der Waals surface area contributed by atoms with E-state index < -0.39 is 0 Å². The van der Waals surface area contributed by atoms with Gasteiger partial charge in [0, 0.05) is 17.8 Å². The van der Waals surface area contributed by atoms with Gasteiger partial charge in [-0.25, -0.2) is 9.18 Å². The molecular weight excluding hydrogens is 293 g/mol. The fraction of sp³-hybridized carbons (Fsp3) is 0. The van der Waals surface area contributed by atoms with E-state index in [1.54, 1.807) is 30.5 Å². The number of pyridine rings is 1. The average molecular weight is 307 g/mol. The number of benzene rings is 2. The second-order valence-corrected chi connectivity index (χ2v) is 4.86. The molecule has 0 aliphatic heterocycles. The Balaban J connectivity index is 1.66. The quantitative estimate of drug-likeness (QED) is 0.763. The minimum Gasteiger partial charge on any atom is -0.314 e. The van der Waals surface area contributed by atoms with E-state index in [9.17, 15) is 9.18 Å². The molecule has 114 valence electrons. The molecule has 2 amide bonds. The molecule has 1 heterocycles. The molecule has 3 rings (SSSR count). The van der Waals surface area contributed by atoms with Crippen molar-refractivity contribution >= 4 is 28.7 Å². The Morgan fingerprint density at radius 1 is 1.04 bits per heavy atom. The number of amides is 2. The summed E-state index contributed by atoms with van der Waals surface area (Å²) in [5.74, 6) is -0.295. The van der Waals surface area contributed by atoms with Crippen LogP contribution in [-0.2, 0) is 0 Å². The number of para-hydroxylation sites is 1. The highest BCUT2D eigenvalue weighted by Gasteiger charge is 2.04. The minimum absolute atomic E-state index is 0.295. The van der Waals surface area contributed by atoms with Crippen LogP contribution in [0.25, 0.3) is 17.0 Å². The highest BCUT2D eigenvalue weighted by Crippen LogP contribution is 2.20. The van der Waals surface area contributed by atoms with Crippen molar-refractivity contribution in [1.82, 2.24) is 10.3 Å². The van der Waals surface area contributed by atoms with Gasteiger partial charge in [-0.15, -0.1) is 0 Å². The van der Waals surface area contributed by atoms with Gasteiger partial charge >= 0.3 is 6.03 Å². The SMILES string of the molecule is O=C(N/C=C/c1ccc(F)cc1)Nc1cccc2cccnc12. The van der Waals surface area contributed by atoms with Gasteiger partial charge in [0.2, 0.25) is 0 Å². The van der Waals surface area contributed by atoms with Gasteiger partial charge in [-0.1, -0.05) is 30.3 Å². The largest absolute Gasteiger partial charge is 0.323 e. The Labute approximate surface area is 132 Å². The third-order valence-electron chi connectivity index (χ3n) is 3.24. The number of fused-ring (bicyclic) bond motifs is 1. The van der Waals surface area contributed by atoms with Crippen LogP contribution >= 0.6 is 0 Å². The fourth-order valence-corrected chi connectivity index (χ4v) is 2.15. The molecule has 0 saturated carbocycles. The molecule has 2 N–H and O–H groups in total. The number of hydrogen-bond acceptors (Lipinski definition) is 2. The molecule has 0 aliphatic carbocycles. The van der Waals surface area contributed by atoms with Gasteiger partial charge in [-0.05, 0) is 35.9 Å². The van der Waals surface area contributed by atoms with Gasteiger partial charge in [-0.2, -0.15) is 0 Å². The number of rotatable bonds is 3.